The van der Waals surface area contributed by atoms with Crippen molar-refractivity contribution in [3.63, 3.8) is 0 Å². The standard InChI is InChI=1S/C15H23FN2/c1-15(2)5-7-18(8-6-15)11-13-4-3-12(10-17)9-14(13)16/h3-4,9H,5-8,10-11,17H2,1-2H3. The van der Waals surface area contributed by atoms with Gasteiger partial charge >= 0.3 is 0 Å². The van der Waals surface area contributed by atoms with Gasteiger partial charge in [0.25, 0.3) is 0 Å². The molecule has 0 aromatic heterocycles. The van der Waals surface area contributed by atoms with Crippen molar-refractivity contribution in [1.82, 2.24) is 4.90 Å². The van der Waals surface area contributed by atoms with Crippen molar-refractivity contribution < 1.29 is 4.39 Å². The Balaban J connectivity index is 1.98. The van der Waals surface area contributed by atoms with E-state index in [2.05, 4.69) is 18.7 Å². The topological polar surface area (TPSA) is 29.3 Å². The molecule has 0 bridgehead atoms. The lowest BCUT2D eigenvalue weighted by Crippen LogP contribution is -2.36. The minimum Gasteiger partial charge on any atom is -0.326 e. The fourth-order valence-corrected chi connectivity index (χ4v) is 2.40. The van der Waals surface area contributed by atoms with Gasteiger partial charge in [-0.1, -0.05) is 26.0 Å². The van der Waals surface area contributed by atoms with Crippen LogP contribution in [-0.4, -0.2) is 18.0 Å². The molecule has 1 fully saturated rings. The van der Waals surface area contributed by atoms with Crippen molar-refractivity contribution in [2.45, 2.75) is 39.8 Å². The van der Waals surface area contributed by atoms with Crippen molar-refractivity contribution >= 4 is 0 Å². The molecule has 2 rings (SSSR count). The van der Waals surface area contributed by atoms with Crippen molar-refractivity contribution in [3.05, 3.63) is 35.1 Å². The zero-order valence-electron chi connectivity index (χ0n) is 11.4. The van der Waals surface area contributed by atoms with Crippen LogP contribution in [0, 0.1) is 11.2 Å². The number of hydrogen-bond donors (Lipinski definition) is 1. The number of benzene rings is 1. The molecule has 1 saturated heterocycles. The number of nitrogens with two attached hydrogens (primary N) is 1. The van der Waals surface area contributed by atoms with Gasteiger partial charge in [-0.15, -0.1) is 0 Å². The molecule has 0 unspecified atom stereocenters. The van der Waals surface area contributed by atoms with E-state index < -0.39 is 0 Å². The highest BCUT2D eigenvalue weighted by atomic mass is 19.1. The summed E-state index contributed by atoms with van der Waals surface area (Å²) in [6, 6.07) is 5.35. The molecule has 0 amide bonds. The Morgan fingerprint density at radius 3 is 2.50 bits per heavy atom. The lowest BCUT2D eigenvalue weighted by molar-refractivity contribution is 0.126. The summed E-state index contributed by atoms with van der Waals surface area (Å²) in [5.74, 6) is -0.122. The van der Waals surface area contributed by atoms with Crippen molar-refractivity contribution in [2.75, 3.05) is 13.1 Å². The Kier molecular flexibility index (Phi) is 4.03. The SMILES string of the molecule is CC1(C)CCN(Cc2ccc(CN)cc2F)CC1. The first-order valence-corrected chi connectivity index (χ1v) is 6.70. The minimum absolute atomic E-state index is 0.122. The second kappa shape index (κ2) is 5.37. The van der Waals surface area contributed by atoms with Gasteiger partial charge in [0.05, 0.1) is 0 Å². The molecule has 0 aliphatic carbocycles. The predicted octanol–water partition coefficient (Wildman–Crippen LogP) is 2.91. The molecular weight excluding hydrogens is 227 g/mol. The Morgan fingerprint density at radius 2 is 1.94 bits per heavy atom. The Bertz CT molecular complexity index is 405. The number of likely N-dealkylation sites (tertiary alicyclic amines) is 1. The molecule has 100 valence electrons. The van der Waals surface area contributed by atoms with Gasteiger partial charge in [-0.2, -0.15) is 0 Å². The number of halogens is 1. The van der Waals surface area contributed by atoms with Gasteiger partial charge in [-0.05, 0) is 43.0 Å². The van der Waals surface area contributed by atoms with E-state index >= 15 is 0 Å². The van der Waals surface area contributed by atoms with Crippen LogP contribution in [0.2, 0.25) is 0 Å². The molecular formula is C15H23FN2. The average molecular weight is 250 g/mol. The maximum absolute atomic E-state index is 13.9. The van der Waals surface area contributed by atoms with E-state index in [1.54, 1.807) is 6.07 Å². The largest absolute Gasteiger partial charge is 0.326 e. The van der Waals surface area contributed by atoms with Gasteiger partial charge in [0.1, 0.15) is 5.82 Å². The smallest absolute Gasteiger partial charge is 0.128 e. The van der Waals surface area contributed by atoms with Crippen LogP contribution in [0.15, 0.2) is 18.2 Å². The van der Waals surface area contributed by atoms with Gasteiger partial charge in [-0.3, -0.25) is 4.90 Å². The molecule has 0 atom stereocenters. The summed E-state index contributed by atoms with van der Waals surface area (Å²) in [5.41, 5.74) is 7.59. The Hall–Kier alpha value is -0.930. The third-order valence-corrected chi connectivity index (χ3v) is 3.96. The number of hydrogen-bond acceptors (Lipinski definition) is 2. The fourth-order valence-electron chi connectivity index (χ4n) is 2.40. The fraction of sp³-hybridized carbons (Fsp3) is 0.600. The minimum atomic E-state index is -0.122. The number of nitrogens with zero attached hydrogens (tertiary/aromatic N) is 1. The molecule has 0 radical (unpaired) electrons. The molecule has 18 heavy (non-hydrogen) atoms. The zero-order valence-corrected chi connectivity index (χ0v) is 11.4. The lowest BCUT2D eigenvalue weighted by atomic mass is 9.82. The Labute approximate surface area is 109 Å². The molecule has 1 aromatic rings. The summed E-state index contributed by atoms with van der Waals surface area (Å²) < 4.78 is 13.9. The summed E-state index contributed by atoms with van der Waals surface area (Å²) in [6.07, 6.45) is 2.38. The van der Waals surface area contributed by atoms with E-state index in [4.69, 9.17) is 5.73 Å². The van der Waals surface area contributed by atoms with Gasteiger partial charge < -0.3 is 5.73 Å². The van der Waals surface area contributed by atoms with E-state index in [0.29, 0.717) is 18.5 Å². The highest BCUT2D eigenvalue weighted by molar-refractivity contribution is 5.24. The quantitative estimate of drug-likeness (QED) is 0.893. The molecule has 2 N–H and O–H groups in total. The zero-order chi connectivity index (χ0) is 13.2. The highest BCUT2D eigenvalue weighted by Crippen LogP contribution is 2.30. The van der Waals surface area contributed by atoms with Crippen molar-refractivity contribution in [2.24, 2.45) is 11.1 Å². The van der Waals surface area contributed by atoms with Crippen LogP contribution in [0.1, 0.15) is 37.8 Å². The van der Waals surface area contributed by atoms with Crippen LogP contribution in [0.5, 0.6) is 0 Å². The first kappa shape index (κ1) is 13.5. The van der Waals surface area contributed by atoms with E-state index in [9.17, 15) is 4.39 Å². The third kappa shape index (κ3) is 3.30. The van der Waals surface area contributed by atoms with Gasteiger partial charge in [0, 0.05) is 18.7 Å². The maximum Gasteiger partial charge on any atom is 0.128 e. The summed E-state index contributed by atoms with van der Waals surface area (Å²) in [4.78, 5) is 2.34. The molecule has 1 aliphatic rings. The number of piperidine rings is 1. The molecule has 0 saturated carbocycles. The van der Waals surface area contributed by atoms with Crippen LogP contribution in [0.3, 0.4) is 0 Å². The second-order valence-corrected chi connectivity index (χ2v) is 6.07. The first-order chi connectivity index (χ1) is 8.50. The average Bonchev–Trinajstić information content (AvgIpc) is 2.34. The van der Waals surface area contributed by atoms with E-state index in [-0.39, 0.29) is 5.82 Å². The van der Waals surface area contributed by atoms with Crippen LogP contribution < -0.4 is 5.73 Å². The molecule has 1 aromatic carbocycles. The molecule has 2 nitrogen and oxygen atoms in total. The van der Waals surface area contributed by atoms with Gasteiger partial charge in [-0.25, -0.2) is 4.39 Å². The summed E-state index contributed by atoms with van der Waals surface area (Å²) in [5, 5.41) is 0. The van der Waals surface area contributed by atoms with Crippen LogP contribution in [0.25, 0.3) is 0 Å². The Morgan fingerprint density at radius 1 is 1.28 bits per heavy atom. The van der Waals surface area contributed by atoms with Crippen molar-refractivity contribution in [1.29, 1.82) is 0 Å². The normalized spacial score (nSPS) is 20.0. The maximum atomic E-state index is 13.9. The van der Waals surface area contributed by atoms with E-state index in [0.717, 1.165) is 24.2 Å². The van der Waals surface area contributed by atoms with Gasteiger partial charge in [0.2, 0.25) is 0 Å². The second-order valence-electron chi connectivity index (χ2n) is 6.07. The molecule has 1 heterocycles. The van der Waals surface area contributed by atoms with Crippen LogP contribution in [-0.2, 0) is 13.1 Å². The van der Waals surface area contributed by atoms with E-state index in [1.807, 2.05) is 12.1 Å². The van der Waals surface area contributed by atoms with Crippen molar-refractivity contribution in [3.8, 4) is 0 Å². The summed E-state index contributed by atoms with van der Waals surface area (Å²) in [6.45, 7) is 7.85. The van der Waals surface area contributed by atoms with Crippen LogP contribution in [0.4, 0.5) is 4.39 Å². The first-order valence-electron chi connectivity index (χ1n) is 6.70. The summed E-state index contributed by atoms with van der Waals surface area (Å²) in [7, 11) is 0. The van der Waals surface area contributed by atoms with Crippen LogP contribution >= 0.6 is 0 Å². The molecule has 3 heteroatoms. The predicted molar refractivity (Wildman–Crippen MR) is 72.6 cm³/mol. The molecule has 0 spiro atoms. The third-order valence-electron chi connectivity index (χ3n) is 3.96. The number of rotatable bonds is 3. The lowest BCUT2D eigenvalue weighted by Gasteiger charge is -2.37. The monoisotopic (exact) mass is 250 g/mol. The highest BCUT2D eigenvalue weighted by Gasteiger charge is 2.25. The summed E-state index contributed by atoms with van der Waals surface area (Å²) >= 11 is 0. The van der Waals surface area contributed by atoms with Gasteiger partial charge in [0.15, 0.2) is 0 Å². The molecule has 1 aliphatic heterocycles. The van der Waals surface area contributed by atoms with E-state index in [1.165, 1.54) is 12.8 Å².